The summed E-state index contributed by atoms with van der Waals surface area (Å²) in [6, 6.07) is 13.7. The smallest absolute Gasteiger partial charge is 0.254 e. The number of benzene rings is 2. The third-order valence-electron chi connectivity index (χ3n) is 4.89. The number of hydrogen-bond acceptors (Lipinski definition) is 5. The molecule has 2 aromatic rings. The van der Waals surface area contributed by atoms with Crippen molar-refractivity contribution in [3.8, 4) is 0 Å². The lowest BCUT2D eigenvalue weighted by Crippen LogP contribution is -2.40. The van der Waals surface area contributed by atoms with Gasteiger partial charge in [0.15, 0.2) is 9.84 Å². The first kappa shape index (κ1) is 17.1. The molecule has 1 fully saturated rings. The van der Waals surface area contributed by atoms with Gasteiger partial charge in [-0.25, -0.2) is 8.42 Å². The molecular weight excluding hydrogens is 352 g/mol. The maximum atomic E-state index is 13.0. The fourth-order valence-electron chi connectivity index (χ4n) is 3.43. The Morgan fingerprint density at radius 1 is 1.04 bits per heavy atom. The lowest BCUT2D eigenvalue weighted by atomic mass is 10.2. The van der Waals surface area contributed by atoms with Crippen LogP contribution in [0.4, 0.5) is 5.69 Å². The van der Waals surface area contributed by atoms with Crippen LogP contribution in [0.5, 0.6) is 0 Å². The third kappa shape index (κ3) is 2.97. The molecule has 7 heteroatoms. The fraction of sp³-hybridized carbons (Fsp3) is 0.316. The van der Waals surface area contributed by atoms with E-state index in [2.05, 4.69) is 5.32 Å². The number of nitrogens with one attached hydrogen (secondary N) is 1. The molecule has 0 aliphatic carbocycles. The molecule has 1 saturated heterocycles. The Bertz CT molecular complexity index is 919. The van der Waals surface area contributed by atoms with E-state index in [1.165, 1.54) is 12.1 Å². The van der Waals surface area contributed by atoms with Crippen molar-refractivity contribution in [3.63, 3.8) is 0 Å². The van der Waals surface area contributed by atoms with Crippen molar-refractivity contribution in [2.75, 3.05) is 38.2 Å². The van der Waals surface area contributed by atoms with Gasteiger partial charge in [0.05, 0.1) is 18.1 Å². The van der Waals surface area contributed by atoms with Crippen molar-refractivity contribution in [1.29, 1.82) is 0 Å². The predicted octanol–water partition coefficient (Wildman–Crippen LogP) is 2.10. The molecule has 1 amide bonds. The van der Waals surface area contributed by atoms with Crippen molar-refractivity contribution in [2.24, 2.45) is 0 Å². The number of carbonyl (C=O) groups excluding carboxylic acids is 1. The number of hydrogen-bond donors (Lipinski definition) is 1. The zero-order chi connectivity index (χ0) is 18.1. The largest absolute Gasteiger partial charge is 0.383 e. The van der Waals surface area contributed by atoms with E-state index < -0.39 is 15.1 Å². The molecule has 0 spiro atoms. The van der Waals surface area contributed by atoms with Crippen LogP contribution in [-0.2, 0) is 14.6 Å². The van der Waals surface area contributed by atoms with Crippen LogP contribution in [-0.4, -0.2) is 52.1 Å². The average Bonchev–Trinajstić information content (AvgIpc) is 3.13. The standard InChI is InChI=1S/C19H20N2O4S/c22-19(21-9-11-25-12-10-21)14-5-7-15(8-6-14)26(23,24)18-13-20-17-4-2-1-3-16(17)18/h1-8,18,20H,9-13H2. The number of carbonyl (C=O) groups is 1. The van der Waals surface area contributed by atoms with E-state index in [4.69, 9.17) is 4.74 Å². The summed E-state index contributed by atoms with van der Waals surface area (Å²) in [5, 5.41) is 2.54. The first-order valence-electron chi connectivity index (χ1n) is 8.61. The summed E-state index contributed by atoms with van der Waals surface area (Å²) in [6.07, 6.45) is 0. The van der Waals surface area contributed by atoms with E-state index in [9.17, 15) is 13.2 Å². The van der Waals surface area contributed by atoms with Gasteiger partial charge in [0.2, 0.25) is 0 Å². The molecule has 0 aromatic heterocycles. The van der Waals surface area contributed by atoms with Gasteiger partial charge in [-0.2, -0.15) is 0 Å². The van der Waals surface area contributed by atoms with Gasteiger partial charge in [-0.1, -0.05) is 18.2 Å². The number of morpholine rings is 1. The number of rotatable bonds is 3. The van der Waals surface area contributed by atoms with Crippen LogP contribution in [0, 0.1) is 0 Å². The molecule has 4 rings (SSSR count). The highest BCUT2D eigenvalue weighted by molar-refractivity contribution is 7.91. The maximum Gasteiger partial charge on any atom is 0.254 e. The molecule has 2 aliphatic heterocycles. The lowest BCUT2D eigenvalue weighted by molar-refractivity contribution is 0.0303. The first-order valence-corrected chi connectivity index (χ1v) is 10.2. The summed E-state index contributed by atoms with van der Waals surface area (Å²) < 4.78 is 31.3. The number of sulfone groups is 1. The molecule has 1 N–H and O–H groups in total. The van der Waals surface area contributed by atoms with Crippen molar-refractivity contribution < 1.29 is 17.9 Å². The maximum absolute atomic E-state index is 13.0. The van der Waals surface area contributed by atoms with Crippen LogP contribution in [0.1, 0.15) is 21.2 Å². The van der Waals surface area contributed by atoms with Gasteiger partial charge in [0.25, 0.3) is 5.91 Å². The van der Waals surface area contributed by atoms with E-state index in [0.717, 1.165) is 11.3 Å². The van der Waals surface area contributed by atoms with Gasteiger partial charge in [-0.05, 0) is 35.9 Å². The van der Waals surface area contributed by atoms with Crippen LogP contribution in [0.3, 0.4) is 0 Å². The van der Waals surface area contributed by atoms with Crippen molar-refractivity contribution in [3.05, 3.63) is 59.7 Å². The molecule has 26 heavy (non-hydrogen) atoms. The first-order chi connectivity index (χ1) is 12.6. The van der Waals surface area contributed by atoms with E-state index in [-0.39, 0.29) is 10.8 Å². The monoisotopic (exact) mass is 372 g/mol. The van der Waals surface area contributed by atoms with Gasteiger partial charge < -0.3 is 15.0 Å². The molecule has 6 nitrogen and oxygen atoms in total. The number of fused-ring (bicyclic) bond motifs is 1. The van der Waals surface area contributed by atoms with E-state index in [1.807, 2.05) is 24.3 Å². The normalized spacial score (nSPS) is 19.7. The number of amides is 1. The molecule has 0 radical (unpaired) electrons. The molecule has 2 heterocycles. The van der Waals surface area contributed by atoms with Crippen LogP contribution in [0.15, 0.2) is 53.4 Å². The van der Waals surface area contributed by atoms with Crippen LogP contribution < -0.4 is 5.32 Å². The number of ether oxygens (including phenoxy) is 1. The van der Waals surface area contributed by atoms with E-state index in [1.54, 1.807) is 17.0 Å². The molecule has 0 bridgehead atoms. The van der Waals surface area contributed by atoms with Crippen molar-refractivity contribution in [2.45, 2.75) is 10.1 Å². The summed E-state index contributed by atoms with van der Waals surface area (Å²) in [5.74, 6) is -0.0925. The SMILES string of the molecule is O=C(c1ccc(S(=O)(=O)C2CNc3ccccc32)cc1)N1CCOCC1. The molecule has 136 valence electrons. The second kappa shape index (κ2) is 6.74. The molecule has 1 atom stereocenters. The van der Waals surface area contributed by atoms with Gasteiger partial charge in [0.1, 0.15) is 5.25 Å². The highest BCUT2D eigenvalue weighted by Crippen LogP contribution is 2.38. The van der Waals surface area contributed by atoms with Gasteiger partial charge in [-0.3, -0.25) is 4.79 Å². The summed E-state index contributed by atoms with van der Waals surface area (Å²) in [4.78, 5) is 14.5. The molecule has 2 aliphatic rings. The molecule has 0 saturated carbocycles. The van der Waals surface area contributed by atoms with Gasteiger partial charge >= 0.3 is 0 Å². The zero-order valence-electron chi connectivity index (χ0n) is 14.2. The Morgan fingerprint density at radius 2 is 1.73 bits per heavy atom. The summed E-state index contributed by atoms with van der Waals surface area (Å²) in [5.41, 5.74) is 2.15. The second-order valence-electron chi connectivity index (χ2n) is 6.43. The Morgan fingerprint density at radius 3 is 2.46 bits per heavy atom. The number of para-hydroxylation sites is 1. The fourth-order valence-corrected chi connectivity index (χ4v) is 5.12. The highest BCUT2D eigenvalue weighted by atomic mass is 32.2. The van der Waals surface area contributed by atoms with E-state index >= 15 is 0 Å². The van der Waals surface area contributed by atoms with E-state index in [0.29, 0.717) is 38.4 Å². The zero-order valence-corrected chi connectivity index (χ0v) is 15.0. The Hall–Kier alpha value is -2.38. The summed E-state index contributed by atoms with van der Waals surface area (Å²) in [7, 11) is -3.53. The Labute approximate surface area is 152 Å². The summed E-state index contributed by atoms with van der Waals surface area (Å²) >= 11 is 0. The Kier molecular flexibility index (Phi) is 4.42. The topological polar surface area (TPSA) is 75.7 Å². The van der Waals surface area contributed by atoms with Gasteiger partial charge in [-0.15, -0.1) is 0 Å². The number of nitrogens with zero attached hydrogens (tertiary/aromatic N) is 1. The Balaban J connectivity index is 1.57. The quantitative estimate of drug-likeness (QED) is 0.893. The minimum Gasteiger partial charge on any atom is -0.383 e. The average molecular weight is 372 g/mol. The predicted molar refractivity (Wildman–Crippen MR) is 98.0 cm³/mol. The lowest BCUT2D eigenvalue weighted by Gasteiger charge is -2.26. The van der Waals surface area contributed by atoms with Crippen molar-refractivity contribution in [1.82, 2.24) is 4.90 Å². The highest BCUT2D eigenvalue weighted by Gasteiger charge is 2.34. The van der Waals surface area contributed by atoms with Crippen LogP contribution in [0.2, 0.25) is 0 Å². The molecule has 1 unspecified atom stereocenters. The third-order valence-corrected chi connectivity index (χ3v) is 6.99. The second-order valence-corrected chi connectivity index (χ2v) is 8.56. The van der Waals surface area contributed by atoms with Crippen LogP contribution >= 0.6 is 0 Å². The van der Waals surface area contributed by atoms with Crippen LogP contribution in [0.25, 0.3) is 0 Å². The summed E-state index contributed by atoms with van der Waals surface area (Å²) in [6.45, 7) is 2.54. The van der Waals surface area contributed by atoms with Crippen molar-refractivity contribution >= 4 is 21.4 Å². The molecular formula is C19H20N2O4S. The van der Waals surface area contributed by atoms with Gasteiger partial charge in [0, 0.05) is 30.9 Å². The minimum absolute atomic E-state index is 0.0925. The minimum atomic E-state index is -3.53. The molecule has 2 aromatic carbocycles. The number of anilines is 1.